The number of aliphatic hydroxyl groups excluding tert-OH is 1. The maximum Gasteiger partial charge on any atom is 0.295 e. The summed E-state index contributed by atoms with van der Waals surface area (Å²) in [6, 6.07) is 21.6. The van der Waals surface area contributed by atoms with Gasteiger partial charge >= 0.3 is 0 Å². The summed E-state index contributed by atoms with van der Waals surface area (Å²) in [6.45, 7) is 2.74. The Hall–Kier alpha value is -3.84. The van der Waals surface area contributed by atoms with Gasteiger partial charge in [-0.25, -0.2) is 0 Å². The second-order valence-electron chi connectivity index (χ2n) is 8.61. The minimum Gasteiger partial charge on any atom is -0.507 e. The number of ketones is 1. The van der Waals surface area contributed by atoms with E-state index in [2.05, 4.69) is 20.9 Å². The van der Waals surface area contributed by atoms with E-state index in [0.717, 1.165) is 26.5 Å². The molecular formula is C29H25BrN2O4. The van der Waals surface area contributed by atoms with E-state index in [1.807, 2.05) is 61.7 Å². The first-order valence-electron chi connectivity index (χ1n) is 11.8. The molecule has 182 valence electrons. The molecule has 1 amide bonds. The van der Waals surface area contributed by atoms with Gasteiger partial charge in [-0.2, -0.15) is 0 Å². The number of amides is 1. The summed E-state index contributed by atoms with van der Waals surface area (Å²) in [4.78, 5) is 31.4. The number of fused-ring (bicyclic) bond motifs is 1. The predicted molar refractivity (Wildman–Crippen MR) is 143 cm³/mol. The number of aliphatic hydroxyl groups is 1. The van der Waals surface area contributed by atoms with Crippen LogP contribution >= 0.6 is 15.9 Å². The number of aromatic amines is 1. The van der Waals surface area contributed by atoms with Crippen LogP contribution in [0.5, 0.6) is 5.75 Å². The van der Waals surface area contributed by atoms with Crippen molar-refractivity contribution in [1.29, 1.82) is 0 Å². The molecule has 0 spiro atoms. The number of nitrogens with zero attached hydrogens (tertiary/aromatic N) is 1. The molecule has 0 bridgehead atoms. The van der Waals surface area contributed by atoms with Crippen LogP contribution < -0.4 is 4.74 Å². The number of nitrogens with one attached hydrogen (secondary N) is 1. The van der Waals surface area contributed by atoms with Crippen LogP contribution in [0, 0.1) is 0 Å². The first-order chi connectivity index (χ1) is 17.5. The Balaban J connectivity index is 1.54. The van der Waals surface area contributed by atoms with Gasteiger partial charge in [0, 0.05) is 33.7 Å². The van der Waals surface area contributed by atoms with Gasteiger partial charge in [0.15, 0.2) is 0 Å². The Labute approximate surface area is 217 Å². The van der Waals surface area contributed by atoms with Gasteiger partial charge in [-0.1, -0.05) is 46.3 Å². The van der Waals surface area contributed by atoms with E-state index >= 15 is 0 Å². The number of rotatable bonds is 7. The molecule has 1 aliphatic heterocycles. The van der Waals surface area contributed by atoms with Crippen LogP contribution in [-0.4, -0.2) is 39.8 Å². The fraction of sp³-hybridized carbons (Fsp3) is 0.172. The SMILES string of the molecule is CCOc1ccc(C(O)=C2C(=O)C(=O)N(CCc3c[nH]c4ccccc34)C2c2cccc(Br)c2)cc1. The first kappa shape index (κ1) is 23.9. The number of H-pyrrole nitrogens is 1. The summed E-state index contributed by atoms with van der Waals surface area (Å²) in [5.41, 5.74) is 3.37. The van der Waals surface area contributed by atoms with Crippen molar-refractivity contribution in [3.63, 3.8) is 0 Å². The molecule has 3 aromatic carbocycles. The number of carbonyl (C=O) groups is 2. The van der Waals surface area contributed by atoms with E-state index in [-0.39, 0.29) is 11.3 Å². The number of benzene rings is 3. The highest BCUT2D eigenvalue weighted by atomic mass is 79.9. The van der Waals surface area contributed by atoms with Gasteiger partial charge in [-0.15, -0.1) is 0 Å². The molecule has 1 aromatic heterocycles. The molecular weight excluding hydrogens is 520 g/mol. The molecule has 0 aliphatic carbocycles. The maximum atomic E-state index is 13.3. The predicted octanol–water partition coefficient (Wildman–Crippen LogP) is 5.99. The van der Waals surface area contributed by atoms with Gasteiger partial charge in [-0.3, -0.25) is 9.59 Å². The minimum absolute atomic E-state index is 0.0844. The molecule has 2 heterocycles. The lowest BCUT2D eigenvalue weighted by Gasteiger charge is -2.25. The van der Waals surface area contributed by atoms with Crippen LogP contribution in [-0.2, 0) is 16.0 Å². The summed E-state index contributed by atoms with van der Waals surface area (Å²) in [6.07, 6.45) is 2.50. The molecule has 2 N–H and O–H groups in total. The van der Waals surface area contributed by atoms with Crippen LogP contribution in [0.25, 0.3) is 16.7 Å². The average Bonchev–Trinajstić information content (AvgIpc) is 3.41. The van der Waals surface area contributed by atoms with Crippen molar-refractivity contribution in [2.75, 3.05) is 13.2 Å². The smallest absolute Gasteiger partial charge is 0.295 e. The fourth-order valence-electron chi connectivity index (χ4n) is 4.74. The van der Waals surface area contributed by atoms with Gasteiger partial charge in [0.1, 0.15) is 11.5 Å². The molecule has 7 heteroatoms. The average molecular weight is 545 g/mol. The van der Waals surface area contributed by atoms with E-state index < -0.39 is 17.7 Å². The summed E-state index contributed by atoms with van der Waals surface area (Å²) in [5.74, 6) is -0.842. The number of halogens is 1. The van der Waals surface area contributed by atoms with Crippen molar-refractivity contribution >= 4 is 44.3 Å². The molecule has 1 fully saturated rings. The maximum absolute atomic E-state index is 13.3. The van der Waals surface area contributed by atoms with Crippen molar-refractivity contribution in [3.05, 3.63) is 106 Å². The lowest BCUT2D eigenvalue weighted by Crippen LogP contribution is -2.31. The topological polar surface area (TPSA) is 82.6 Å². The van der Waals surface area contributed by atoms with Crippen molar-refractivity contribution in [2.45, 2.75) is 19.4 Å². The zero-order valence-electron chi connectivity index (χ0n) is 19.7. The highest BCUT2D eigenvalue weighted by molar-refractivity contribution is 9.10. The van der Waals surface area contributed by atoms with Crippen molar-refractivity contribution in [3.8, 4) is 5.75 Å². The normalized spacial score (nSPS) is 17.2. The molecule has 6 nitrogen and oxygen atoms in total. The van der Waals surface area contributed by atoms with Crippen molar-refractivity contribution < 1.29 is 19.4 Å². The molecule has 4 aromatic rings. The molecule has 5 rings (SSSR count). The Kier molecular flexibility index (Phi) is 6.65. The number of hydrogen-bond acceptors (Lipinski definition) is 4. The third kappa shape index (κ3) is 4.42. The number of carbonyl (C=O) groups excluding carboxylic acids is 2. The molecule has 1 aliphatic rings. The zero-order valence-corrected chi connectivity index (χ0v) is 21.3. The van der Waals surface area contributed by atoms with Crippen LogP contribution in [0.4, 0.5) is 0 Å². The number of Topliss-reactive ketones (excluding diaryl/α,β-unsaturated/α-hetero) is 1. The quantitative estimate of drug-likeness (QED) is 0.170. The Morgan fingerprint density at radius 3 is 2.58 bits per heavy atom. The standard InChI is InChI=1S/C29H25BrN2O4/c1-2-36-22-12-10-18(11-13-22)27(33)25-26(19-6-5-7-21(30)16-19)32(29(35)28(25)34)15-14-20-17-31-24-9-4-3-8-23(20)24/h3-13,16-17,26,31,33H,2,14-15H2,1H3. The highest BCUT2D eigenvalue weighted by Gasteiger charge is 2.45. The van der Waals surface area contributed by atoms with Gasteiger partial charge in [-0.05, 0) is 66.9 Å². The Morgan fingerprint density at radius 1 is 1.06 bits per heavy atom. The third-order valence-corrected chi connectivity index (χ3v) is 6.93. The summed E-state index contributed by atoms with van der Waals surface area (Å²) in [7, 11) is 0. The molecule has 1 saturated heterocycles. The van der Waals surface area contributed by atoms with Crippen molar-refractivity contribution in [2.24, 2.45) is 0 Å². The lowest BCUT2D eigenvalue weighted by molar-refractivity contribution is -0.139. The van der Waals surface area contributed by atoms with Crippen molar-refractivity contribution in [1.82, 2.24) is 9.88 Å². The van der Waals surface area contributed by atoms with Gasteiger partial charge in [0.05, 0.1) is 18.2 Å². The molecule has 1 unspecified atom stereocenters. The van der Waals surface area contributed by atoms with Crippen LogP contribution in [0.3, 0.4) is 0 Å². The molecule has 0 radical (unpaired) electrons. The Bertz CT molecular complexity index is 1470. The van der Waals surface area contributed by atoms with Crippen LogP contribution in [0.1, 0.15) is 29.7 Å². The number of hydrogen-bond donors (Lipinski definition) is 2. The molecule has 0 saturated carbocycles. The van der Waals surface area contributed by atoms with E-state index in [9.17, 15) is 14.7 Å². The molecule has 36 heavy (non-hydrogen) atoms. The first-order valence-corrected chi connectivity index (χ1v) is 12.6. The number of likely N-dealkylation sites (tertiary alicyclic amines) is 1. The highest BCUT2D eigenvalue weighted by Crippen LogP contribution is 2.40. The number of aromatic nitrogens is 1. The second-order valence-corrected chi connectivity index (χ2v) is 9.53. The monoisotopic (exact) mass is 544 g/mol. The summed E-state index contributed by atoms with van der Waals surface area (Å²) in [5, 5.41) is 12.3. The number of para-hydroxylation sites is 1. The minimum atomic E-state index is -0.709. The van der Waals surface area contributed by atoms with Crippen LogP contribution in [0.15, 0.2) is 89.0 Å². The third-order valence-electron chi connectivity index (χ3n) is 6.44. The van der Waals surface area contributed by atoms with Gasteiger partial charge < -0.3 is 19.7 Å². The van der Waals surface area contributed by atoms with Crippen LogP contribution in [0.2, 0.25) is 0 Å². The molecule has 1 atom stereocenters. The number of ether oxygens (including phenoxy) is 1. The van der Waals surface area contributed by atoms with E-state index in [0.29, 0.717) is 30.9 Å². The van der Waals surface area contributed by atoms with E-state index in [4.69, 9.17) is 4.74 Å². The second kappa shape index (κ2) is 10.0. The summed E-state index contributed by atoms with van der Waals surface area (Å²) < 4.78 is 6.31. The fourth-order valence-corrected chi connectivity index (χ4v) is 5.16. The zero-order chi connectivity index (χ0) is 25.2. The van der Waals surface area contributed by atoms with E-state index in [1.54, 1.807) is 29.2 Å². The van der Waals surface area contributed by atoms with Gasteiger partial charge in [0.2, 0.25) is 0 Å². The van der Waals surface area contributed by atoms with E-state index in [1.165, 1.54) is 0 Å². The lowest BCUT2D eigenvalue weighted by atomic mass is 9.95. The summed E-state index contributed by atoms with van der Waals surface area (Å²) >= 11 is 3.50. The largest absolute Gasteiger partial charge is 0.507 e. The Morgan fingerprint density at radius 2 is 1.83 bits per heavy atom. The van der Waals surface area contributed by atoms with Gasteiger partial charge in [0.25, 0.3) is 11.7 Å².